The molecule has 6 heteroatoms. The van der Waals surface area contributed by atoms with E-state index in [4.69, 9.17) is 4.74 Å². The fourth-order valence-electron chi connectivity index (χ4n) is 1.59. The first-order valence-corrected chi connectivity index (χ1v) is 5.93. The van der Waals surface area contributed by atoms with Gasteiger partial charge in [-0.05, 0) is 19.9 Å². The fourth-order valence-corrected chi connectivity index (χ4v) is 1.59. The normalized spacial score (nSPS) is 10.8. The van der Waals surface area contributed by atoms with Gasteiger partial charge in [0, 0.05) is 12.1 Å². The molecule has 6 nitrogen and oxygen atoms in total. The lowest BCUT2D eigenvalue weighted by molar-refractivity contribution is 0.239. The third-order valence-electron chi connectivity index (χ3n) is 2.32. The number of aromatic amines is 1. The molecule has 2 rings (SSSR count). The molecule has 0 saturated carbocycles. The lowest BCUT2D eigenvalue weighted by atomic mass is 10.2. The third-order valence-corrected chi connectivity index (χ3v) is 2.32. The summed E-state index contributed by atoms with van der Waals surface area (Å²) in [5.74, 6) is 1.56. The second-order valence-corrected chi connectivity index (χ2v) is 4.21. The summed E-state index contributed by atoms with van der Waals surface area (Å²) in [6.07, 6.45) is 0.170. The van der Waals surface area contributed by atoms with Gasteiger partial charge in [-0.25, -0.2) is 0 Å². The van der Waals surface area contributed by atoms with Crippen molar-refractivity contribution in [2.45, 2.75) is 33.0 Å². The summed E-state index contributed by atoms with van der Waals surface area (Å²) in [5, 5.41) is 16.9. The van der Waals surface area contributed by atoms with Crippen molar-refractivity contribution < 1.29 is 4.74 Å². The fraction of sp³-hybridized carbons (Fsp3) is 0.417. The molecule has 1 heterocycles. The molecule has 0 amide bonds. The van der Waals surface area contributed by atoms with Gasteiger partial charge in [0.15, 0.2) is 5.82 Å². The van der Waals surface area contributed by atoms with Crippen LogP contribution in [0.15, 0.2) is 24.3 Å². The number of nitrogens with zero attached hydrogens (tertiary/aromatic N) is 3. The molecule has 0 aliphatic rings. The van der Waals surface area contributed by atoms with Crippen molar-refractivity contribution in [3.8, 4) is 5.75 Å². The molecule has 2 N–H and O–H groups in total. The van der Waals surface area contributed by atoms with Gasteiger partial charge in [0.25, 0.3) is 0 Å². The van der Waals surface area contributed by atoms with Crippen LogP contribution >= 0.6 is 0 Å². The summed E-state index contributed by atoms with van der Waals surface area (Å²) in [6.45, 7) is 5.32. The van der Waals surface area contributed by atoms with Crippen LogP contribution in [0.25, 0.3) is 0 Å². The number of benzene rings is 1. The van der Waals surface area contributed by atoms with Crippen LogP contribution in [0.5, 0.6) is 5.75 Å². The molecule has 18 heavy (non-hydrogen) atoms. The lowest BCUT2D eigenvalue weighted by Gasteiger charge is -2.14. The van der Waals surface area contributed by atoms with Crippen molar-refractivity contribution in [2.24, 2.45) is 0 Å². The summed E-state index contributed by atoms with van der Waals surface area (Å²) in [4.78, 5) is 0. The van der Waals surface area contributed by atoms with Crippen molar-refractivity contribution in [3.05, 3.63) is 35.7 Å². The molecular weight excluding hydrogens is 230 g/mol. The summed E-state index contributed by atoms with van der Waals surface area (Å²) < 4.78 is 5.74. The molecule has 2 aromatic rings. The number of rotatable bonds is 6. The van der Waals surface area contributed by atoms with Crippen LogP contribution in [-0.4, -0.2) is 26.7 Å². The Balaban J connectivity index is 1.92. The Labute approximate surface area is 106 Å². The number of ether oxygens (including phenoxy) is 1. The van der Waals surface area contributed by atoms with E-state index in [0.717, 1.165) is 11.3 Å². The van der Waals surface area contributed by atoms with E-state index < -0.39 is 0 Å². The van der Waals surface area contributed by atoms with Gasteiger partial charge < -0.3 is 10.1 Å². The molecule has 0 radical (unpaired) electrons. The van der Waals surface area contributed by atoms with E-state index in [1.807, 2.05) is 38.1 Å². The second kappa shape index (κ2) is 6.11. The SMILES string of the molecule is CC(C)Oc1ccccc1CNCc1nn[nH]n1. The van der Waals surface area contributed by atoms with Crippen molar-refractivity contribution in [2.75, 3.05) is 0 Å². The largest absolute Gasteiger partial charge is 0.491 e. The zero-order valence-corrected chi connectivity index (χ0v) is 10.6. The van der Waals surface area contributed by atoms with Crippen LogP contribution in [0, 0.1) is 0 Å². The van der Waals surface area contributed by atoms with Gasteiger partial charge in [-0.2, -0.15) is 5.21 Å². The average molecular weight is 247 g/mol. The standard InChI is InChI=1S/C12H17N5O/c1-9(2)18-11-6-4-3-5-10(11)7-13-8-12-14-16-17-15-12/h3-6,9,13H,7-8H2,1-2H3,(H,14,15,16,17). The van der Waals surface area contributed by atoms with Crippen molar-refractivity contribution in [1.82, 2.24) is 25.9 Å². The first-order chi connectivity index (χ1) is 8.75. The van der Waals surface area contributed by atoms with E-state index in [0.29, 0.717) is 18.9 Å². The van der Waals surface area contributed by atoms with E-state index in [9.17, 15) is 0 Å². The van der Waals surface area contributed by atoms with Crippen molar-refractivity contribution in [1.29, 1.82) is 0 Å². The van der Waals surface area contributed by atoms with Gasteiger partial charge in [-0.3, -0.25) is 0 Å². The molecule has 1 aromatic carbocycles. The number of nitrogens with one attached hydrogen (secondary N) is 2. The first kappa shape index (κ1) is 12.5. The number of hydrogen-bond acceptors (Lipinski definition) is 5. The zero-order valence-electron chi connectivity index (χ0n) is 10.6. The minimum absolute atomic E-state index is 0.170. The molecule has 96 valence electrons. The van der Waals surface area contributed by atoms with Gasteiger partial charge in [-0.15, -0.1) is 10.2 Å². The Morgan fingerprint density at radius 1 is 1.28 bits per heavy atom. The van der Waals surface area contributed by atoms with Gasteiger partial charge in [0.2, 0.25) is 0 Å². The maximum atomic E-state index is 5.74. The molecular formula is C12H17N5O. The van der Waals surface area contributed by atoms with E-state index in [-0.39, 0.29) is 6.10 Å². The van der Waals surface area contributed by atoms with Crippen molar-refractivity contribution in [3.63, 3.8) is 0 Å². The lowest BCUT2D eigenvalue weighted by Crippen LogP contribution is -2.15. The van der Waals surface area contributed by atoms with E-state index >= 15 is 0 Å². The summed E-state index contributed by atoms with van der Waals surface area (Å²) in [7, 11) is 0. The van der Waals surface area contributed by atoms with Crippen LogP contribution in [0.3, 0.4) is 0 Å². The predicted molar refractivity (Wildman–Crippen MR) is 66.9 cm³/mol. The zero-order chi connectivity index (χ0) is 12.8. The van der Waals surface area contributed by atoms with E-state index in [2.05, 4.69) is 25.9 Å². The molecule has 0 aliphatic heterocycles. The highest BCUT2D eigenvalue weighted by Gasteiger charge is 2.05. The van der Waals surface area contributed by atoms with Gasteiger partial charge >= 0.3 is 0 Å². The summed E-state index contributed by atoms with van der Waals surface area (Å²) in [6, 6.07) is 7.99. The topological polar surface area (TPSA) is 75.7 Å². The van der Waals surface area contributed by atoms with Gasteiger partial charge in [0.1, 0.15) is 5.75 Å². The number of H-pyrrole nitrogens is 1. The maximum absolute atomic E-state index is 5.74. The molecule has 0 fully saturated rings. The maximum Gasteiger partial charge on any atom is 0.188 e. The Morgan fingerprint density at radius 3 is 2.83 bits per heavy atom. The smallest absolute Gasteiger partial charge is 0.188 e. The number of tetrazole rings is 1. The Bertz CT molecular complexity index is 469. The monoisotopic (exact) mass is 247 g/mol. The predicted octanol–water partition coefficient (Wildman–Crippen LogP) is 1.28. The van der Waals surface area contributed by atoms with Crippen LogP contribution in [0.4, 0.5) is 0 Å². The third kappa shape index (κ3) is 3.53. The summed E-state index contributed by atoms with van der Waals surface area (Å²) >= 11 is 0. The highest BCUT2D eigenvalue weighted by molar-refractivity contribution is 5.33. The molecule has 0 unspecified atom stereocenters. The Kier molecular flexibility index (Phi) is 4.25. The first-order valence-electron chi connectivity index (χ1n) is 5.93. The molecule has 0 bridgehead atoms. The molecule has 0 spiro atoms. The number of para-hydroxylation sites is 1. The molecule has 0 saturated heterocycles. The van der Waals surface area contributed by atoms with E-state index in [1.165, 1.54) is 0 Å². The highest BCUT2D eigenvalue weighted by Crippen LogP contribution is 2.19. The second-order valence-electron chi connectivity index (χ2n) is 4.21. The Morgan fingerprint density at radius 2 is 2.11 bits per heavy atom. The van der Waals surface area contributed by atoms with Crippen molar-refractivity contribution >= 4 is 0 Å². The minimum Gasteiger partial charge on any atom is -0.491 e. The van der Waals surface area contributed by atoms with Crippen LogP contribution in [-0.2, 0) is 13.1 Å². The molecule has 0 aliphatic carbocycles. The number of aromatic nitrogens is 4. The van der Waals surface area contributed by atoms with Crippen LogP contribution in [0.1, 0.15) is 25.2 Å². The highest BCUT2D eigenvalue weighted by atomic mass is 16.5. The summed E-state index contributed by atoms with van der Waals surface area (Å²) in [5.41, 5.74) is 1.12. The van der Waals surface area contributed by atoms with E-state index in [1.54, 1.807) is 0 Å². The quantitative estimate of drug-likeness (QED) is 0.804. The van der Waals surface area contributed by atoms with Gasteiger partial charge in [0.05, 0.1) is 12.6 Å². The van der Waals surface area contributed by atoms with Crippen LogP contribution < -0.4 is 10.1 Å². The van der Waals surface area contributed by atoms with Crippen LogP contribution in [0.2, 0.25) is 0 Å². The Hall–Kier alpha value is -1.95. The average Bonchev–Trinajstić information content (AvgIpc) is 2.84. The molecule has 1 aromatic heterocycles. The minimum atomic E-state index is 0.170. The molecule has 0 atom stereocenters. The van der Waals surface area contributed by atoms with Gasteiger partial charge in [-0.1, -0.05) is 23.4 Å². The number of hydrogen-bond donors (Lipinski definition) is 2.